The van der Waals surface area contributed by atoms with Crippen molar-refractivity contribution in [1.82, 2.24) is 10.3 Å². The van der Waals surface area contributed by atoms with E-state index in [2.05, 4.69) is 10.3 Å². The Balaban J connectivity index is 2.15. The summed E-state index contributed by atoms with van der Waals surface area (Å²) in [6.45, 7) is 3.97. The molecule has 0 saturated heterocycles. The molecule has 2 aromatic rings. The Morgan fingerprint density at radius 3 is 2.40 bits per heavy atom. The van der Waals surface area contributed by atoms with E-state index in [4.69, 9.17) is 0 Å². The van der Waals surface area contributed by atoms with Gasteiger partial charge in [0.1, 0.15) is 0 Å². The normalized spacial score (nSPS) is 12.5. The zero-order chi connectivity index (χ0) is 18.6. The van der Waals surface area contributed by atoms with Crippen molar-refractivity contribution in [3.05, 3.63) is 59.4 Å². The fourth-order valence-electron chi connectivity index (χ4n) is 2.39. The van der Waals surface area contributed by atoms with Gasteiger partial charge in [0.05, 0.1) is 23.7 Å². The summed E-state index contributed by atoms with van der Waals surface area (Å²) in [5, 5.41) is 2.97. The first kappa shape index (κ1) is 18.9. The molecule has 25 heavy (non-hydrogen) atoms. The lowest BCUT2D eigenvalue weighted by Crippen LogP contribution is -2.29. The van der Waals surface area contributed by atoms with Gasteiger partial charge in [0, 0.05) is 18.8 Å². The SMILES string of the molecule is CC[C@@H](NC(=O)c1ccc(N(C)S(C)(=O)=O)cc1)c1cc(C)ccn1. The predicted molar refractivity (Wildman–Crippen MR) is 99.2 cm³/mol. The molecule has 0 aliphatic rings. The summed E-state index contributed by atoms with van der Waals surface area (Å²) in [4.78, 5) is 16.8. The topological polar surface area (TPSA) is 79.4 Å². The summed E-state index contributed by atoms with van der Waals surface area (Å²) >= 11 is 0. The maximum absolute atomic E-state index is 12.5. The molecular weight excluding hydrogens is 338 g/mol. The summed E-state index contributed by atoms with van der Waals surface area (Å²) in [5.74, 6) is -0.219. The second-order valence-corrected chi connectivity index (χ2v) is 7.98. The molecule has 0 unspecified atom stereocenters. The second-order valence-electron chi connectivity index (χ2n) is 5.97. The fraction of sp³-hybridized carbons (Fsp3) is 0.333. The Bertz CT molecular complexity index is 848. The molecule has 1 atom stereocenters. The number of hydrogen-bond acceptors (Lipinski definition) is 4. The van der Waals surface area contributed by atoms with Gasteiger partial charge in [-0.25, -0.2) is 8.42 Å². The van der Waals surface area contributed by atoms with Crippen molar-refractivity contribution >= 4 is 21.6 Å². The van der Waals surface area contributed by atoms with Crippen LogP contribution in [0.3, 0.4) is 0 Å². The van der Waals surface area contributed by atoms with Gasteiger partial charge in [-0.2, -0.15) is 0 Å². The number of nitrogens with zero attached hydrogens (tertiary/aromatic N) is 2. The molecule has 1 aromatic heterocycles. The molecule has 1 N–H and O–H groups in total. The number of sulfonamides is 1. The average Bonchev–Trinajstić information content (AvgIpc) is 2.58. The number of carbonyl (C=O) groups is 1. The van der Waals surface area contributed by atoms with Gasteiger partial charge in [-0.15, -0.1) is 0 Å². The minimum absolute atomic E-state index is 0.175. The lowest BCUT2D eigenvalue weighted by atomic mass is 10.1. The summed E-state index contributed by atoms with van der Waals surface area (Å²) in [6, 6.07) is 10.1. The number of aryl methyl sites for hydroxylation is 1. The number of carbonyl (C=O) groups excluding carboxylic acids is 1. The van der Waals surface area contributed by atoms with Crippen LogP contribution in [0.25, 0.3) is 0 Å². The molecule has 2 rings (SSSR count). The second kappa shape index (κ2) is 7.65. The maximum Gasteiger partial charge on any atom is 0.251 e. The molecule has 0 spiro atoms. The molecular formula is C18H23N3O3S. The van der Waals surface area contributed by atoms with Crippen molar-refractivity contribution in [3.63, 3.8) is 0 Å². The van der Waals surface area contributed by atoms with E-state index in [1.54, 1.807) is 30.5 Å². The van der Waals surface area contributed by atoms with E-state index in [0.717, 1.165) is 23.9 Å². The van der Waals surface area contributed by atoms with Crippen LogP contribution in [0.1, 0.15) is 41.0 Å². The molecule has 0 bridgehead atoms. The van der Waals surface area contributed by atoms with Crippen LogP contribution in [0.4, 0.5) is 5.69 Å². The summed E-state index contributed by atoms with van der Waals surface area (Å²) in [6.07, 6.45) is 3.58. The third-order valence-electron chi connectivity index (χ3n) is 4.00. The zero-order valence-electron chi connectivity index (χ0n) is 14.9. The first-order valence-electron chi connectivity index (χ1n) is 7.99. The van der Waals surface area contributed by atoms with Crippen LogP contribution < -0.4 is 9.62 Å². The van der Waals surface area contributed by atoms with Crippen LogP contribution in [0.5, 0.6) is 0 Å². The number of amides is 1. The summed E-state index contributed by atoms with van der Waals surface area (Å²) < 4.78 is 24.3. The Kier molecular flexibility index (Phi) is 5.79. The number of rotatable bonds is 6. The van der Waals surface area contributed by atoms with Crippen LogP contribution in [-0.4, -0.2) is 32.6 Å². The molecule has 0 saturated carbocycles. The van der Waals surface area contributed by atoms with Gasteiger partial charge in [-0.1, -0.05) is 6.92 Å². The van der Waals surface area contributed by atoms with Crippen molar-refractivity contribution in [2.45, 2.75) is 26.3 Å². The molecule has 0 radical (unpaired) electrons. The number of nitrogens with one attached hydrogen (secondary N) is 1. The molecule has 134 valence electrons. The fourth-order valence-corrected chi connectivity index (χ4v) is 2.90. The lowest BCUT2D eigenvalue weighted by molar-refractivity contribution is 0.0934. The van der Waals surface area contributed by atoms with Crippen molar-refractivity contribution < 1.29 is 13.2 Å². The van der Waals surface area contributed by atoms with E-state index in [1.807, 2.05) is 26.0 Å². The molecule has 6 nitrogen and oxygen atoms in total. The summed E-state index contributed by atoms with van der Waals surface area (Å²) in [7, 11) is -1.85. The Morgan fingerprint density at radius 2 is 1.88 bits per heavy atom. The number of benzene rings is 1. The van der Waals surface area contributed by atoms with E-state index < -0.39 is 10.0 Å². The Morgan fingerprint density at radius 1 is 1.24 bits per heavy atom. The molecule has 0 fully saturated rings. The highest BCUT2D eigenvalue weighted by atomic mass is 32.2. The highest BCUT2D eigenvalue weighted by molar-refractivity contribution is 7.92. The molecule has 7 heteroatoms. The Hall–Kier alpha value is -2.41. The highest BCUT2D eigenvalue weighted by Crippen LogP contribution is 2.19. The van der Waals surface area contributed by atoms with Gasteiger partial charge in [0.25, 0.3) is 5.91 Å². The molecule has 1 heterocycles. The van der Waals surface area contributed by atoms with E-state index in [0.29, 0.717) is 11.3 Å². The minimum Gasteiger partial charge on any atom is -0.344 e. The van der Waals surface area contributed by atoms with Crippen LogP contribution in [0.15, 0.2) is 42.6 Å². The van der Waals surface area contributed by atoms with E-state index in [1.165, 1.54) is 11.4 Å². The van der Waals surface area contributed by atoms with E-state index in [9.17, 15) is 13.2 Å². The van der Waals surface area contributed by atoms with E-state index in [-0.39, 0.29) is 11.9 Å². The standard InChI is InChI=1S/C18H23N3O3S/c1-5-16(17-12-13(2)10-11-19-17)20-18(22)14-6-8-15(9-7-14)21(3)25(4,23)24/h6-12,16H,5H2,1-4H3,(H,20,22)/t16-/m1/s1. The third kappa shape index (κ3) is 4.79. The van der Waals surface area contributed by atoms with Crippen molar-refractivity contribution in [3.8, 4) is 0 Å². The average molecular weight is 361 g/mol. The quantitative estimate of drug-likeness (QED) is 0.858. The van der Waals surface area contributed by atoms with E-state index >= 15 is 0 Å². The van der Waals surface area contributed by atoms with Gasteiger partial charge in [0.2, 0.25) is 10.0 Å². The molecule has 1 aromatic carbocycles. The predicted octanol–water partition coefficient (Wildman–Crippen LogP) is 2.67. The number of pyridine rings is 1. The van der Waals surface area contributed by atoms with Crippen LogP contribution in [-0.2, 0) is 10.0 Å². The molecule has 0 aliphatic heterocycles. The monoisotopic (exact) mass is 361 g/mol. The van der Waals surface area contributed by atoms with Gasteiger partial charge in [-0.05, 0) is 55.3 Å². The maximum atomic E-state index is 12.5. The lowest BCUT2D eigenvalue weighted by Gasteiger charge is -2.18. The Labute approximate surface area is 148 Å². The first-order chi connectivity index (χ1) is 11.7. The van der Waals surface area contributed by atoms with Crippen molar-refractivity contribution in [1.29, 1.82) is 0 Å². The smallest absolute Gasteiger partial charge is 0.251 e. The van der Waals surface area contributed by atoms with Crippen molar-refractivity contribution in [2.75, 3.05) is 17.6 Å². The molecule has 1 amide bonds. The number of hydrogen-bond donors (Lipinski definition) is 1. The van der Waals surface area contributed by atoms with Gasteiger partial charge in [-0.3, -0.25) is 14.1 Å². The van der Waals surface area contributed by atoms with Crippen LogP contribution in [0, 0.1) is 6.92 Å². The number of anilines is 1. The molecule has 0 aliphatic carbocycles. The first-order valence-corrected chi connectivity index (χ1v) is 9.84. The van der Waals surface area contributed by atoms with Crippen LogP contribution in [0.2, 0.25) is 0 Å². The third-order valence-corrected chi connectivity index (χ3v) is 5.20. The summed E-state index contributed by atoms with van der Waals surface area (Å²) in [5.41, 5.74) is 2.89. The highest BCUT2D eigenvalue weighted by Gasteiger charge is 2.16. The van der Waals surface area contributed by atoms with Gasteiger partial charge in [0.15, 0.2) is 0 Å². The minimum atomic E-state index is -3.33. The van der Waals surface area contributed by atoms with Crippen LogP contribution >= 0.6 is 0 Å². The largest absolute Gasteiger partial charge is 0.344 e. The van der Waals surface area contributed by atoms with Gasteiger partial charge >= 0.3 is 0 Å². The van der Waals surface area contributed by atoms with Crippen molar-refractivity contribution in [2.24, 2.45) is 0 Å². The number of aromatic nitrogens is 1. The van der Waals surface area contributed by atoms with Gasteiger partial charge < -0.3 is 5.32 Å². The zero-order valence-corrected chi connectivity index (χ0v) is 15.7.